The van der Waals surface area contributed by atoms with Crippen LogP contribution >= 0.6 is 0 Å². The predicted molar refractivity (Wildman–Crippen MR) is 69.8 cm³/mol. The molecule has 0 aromatic heterocycles. The van der Waals surface area contributed by atoms with Gasteiger partial charge < -0.3 is 35.1 Å². The highest BCUT2D eigenvalue weighted by Gasteiger charge is 1.98. The number of quaternary nitrogens is 2. The zero-order valence-corrected chi connectivity index (χ0v) is 10.2. The first-order chi connectivity index (χ1) is 7.83. The summed E-state index contributed by atoms with van der Waals surface area (Å²) in [6.45, 7) is 0. The van der Waals surface area contributed by atoms with Crippen LogP contribution in [0, 0.1) is 0 Å². The first-order valence-corrected chi connectivity index (χ1v) is 5.88. The van der Waals surface area contributed by atoms with Crippen LogP contribution in [0.5, 0.6) is 0 Å². The summed E-state index contributed by atoms with van der Waals surface area (Å²) in [6.07, 6.45) is 0. The van der Waals surface area contributed by atoms with Gasteiger partial charge in [0, 0.05) is 0 Å². The van der Waals surface area contributed by atoms with Gasteiger partial charge in [-0.05, 0) is 59.7 Å². The van der Waals surface area contributed by atoms with Crippen molar-refractivity contribution in [3.8, 4) is 11.1 Å². The van der Waals surface area contributed by atoms with Gasteiger partial charge in [-0.3, -0.25) is 0 Å². The van der Waals surface area contributed by atoms with Crippen LogP contribution in [0.4, 0.5) is 11.4 Å². The third-order valence-corrected chi connectivity index (χ3v) is 2.97. The number of nitrogens with two attached hydrogens (primary N) is 2. The first-order valence-electron chi connectivity index (χ1n) is 4.94. The van der Waals surface area contributed by atoms with Crippen LogP contribution in [0.2, 0.25) is 0 Å². The molecule has 4 N–H and O–H groups in total. The molecule has 0 aliphatic rings. The lowest BCUT2D eigenvalue weighted by molar-refractivity contribution is -0.376. The molecule has 0 aliphatic carbocycles. The van der Waals surface area contributed by atoms with Crippen LogP contribution in [0.25, 0.3) is 11.1 Å². The maximum atomic E-state index is 4.87. The molecule has 0 unspecified atom stereocenters. The van der Waals surface area contributed by atoms with Gasteiger partial charge in [0.15, 0.2) is 0 Å². The van der Waals surface area contributed by atoms with E-state index in [1.807, 2.05) is 24.3 Å². The molecule has 0 atom stereocenters. The Morgan fingerprint density at radius 1 is 0.562 bits per heavy atom. The summed E-state index contributed by atoms with van der Waals surface area (Å²) < 4.78 is 3.36. The van der Waals surface area contributed by atoms with E-state index in [1.165, 1.54) is 11.1 Å². The lowest BCUT2D eigenvalue weighted by atomic mass is 10.1. The summed E-state index contributed by atoms with van der Waals surface area (Å²) >= 11 is 9.74. The van der Waals surface area contributed by atoms with Crippen molar-refractivity contribution in [2.24, 2.45) is 0 Å². The Labute approximate surface area is 106 Å². The molecule has 2 aromatic carbocycles. The molecule has 2 aromatic rings. The molecule has 0 amide bonds. The molecule has 0 heterocycles. The van der Waals surface area contributed by atoms with E-state index in [1.54, 1.807) is 9.44 Å². The van der Waals surface area contributed by atoms with Crippen molar-refractivity contribution < 1.29 is 9.44 Å². The van der Waals surface area contributed by atoms with Gasteiger partial charge in [0.2, 0.25) is 0 Å². The number of hydrogen-bond donors (Lipinski definition) is 2. The third-order valence-electron chi connectivity index (χ3n) is 2.43. The lowest BCUT2D eigenvalue weighted by Gasteiger charge is -2.06. The van der Waals surface area contributed by atoms with Crippen molar-refractivity contribution in [2.45, 2.75) is 0 Å². The van der Waals surface area contributed by atoms with E-state index in [9.17, 15) is 0 Å². The second-order valence-corrected chi connectivity index (χ2v) is 3.95. The molecule has 4 heteroatoms. The normalized spacial score (nSPS) is 10.4. The highest BCUT2D eigenvalue weighted by atomic mass is 32.1. The smallest absolute Gasteiger partial charge is 0.111 e. The van der Waals surface area contributed by atoms with Gasteiger partial charge >= 0.3 is 0 Å². The Balaban J connectivity index is 2.28. The monoisotopic (exact) mass is 248 g/mol. The Hall–Kier alpha value is -0.940. The van der Waals surface area contributed by atoms with E-state index in [0.29, 0.717) is 0 Å². The summed E-state index contributed by atoms with van der Waals surface area (Å²) in [5.74, 6) is 0. The molecule has 2 rings (SSSR count). The Bertz CT molecular complexity index is 406. The summed E-state index contributed by atoms with van der Waals surface area (Å²) in [5, 5.41) is 0. The summed E-state index contributed by atoms with van der Waals surface area (Å²) in [6, 6.07) is 16.4. The minimum absolute atomic E-state index is 1.06. The van der Waals surface area contributed by atoms with E-state index < -0.39 is 0 Å². The van der Waals surface area contributed by atoms with Gasteiger partial charge in [0.05, 0.1) is 0 Å². The summed E-state index contributed by atoms with van der Waals surface area (Å²) in [7, 11) is 0. The zero-order valence-electron chi connectivity index (χ0n) is 8.59. The van der Waals surface area contributed by atoms with Crippen molar-refractivity contribution in [3.05, 3.63) is 48.5 Å². The van der Waals surface area contributed by atoms with Crippen LogP contribution in [0.15, 0.2) is 48.5 Å². The fourth-order valence-electron chi connectivity index (χ4n) is 1.51. The molecule has 0 bridgehead atoms. The fraction of sp³-hybridized carbons (Fsp3) is 0. The number of hydrogen-bond acceptors (Lipinski definition) is 2. The van der Waals surface area contributed by atoms with Crippen molar-refractivity contribution in [2.75, 3.05) is 0 Å². The minimum Gasteiger partial charge on any atom is -0.492 e. The van der Waals surface area contributed by atoms with Crippen molar-refractivity contribution in [1.82, 2.24) is 0 Å². The second-order valence-electron chi connectivity index (χ2n) is 3.48. The average molecular weight is 248 g/mol. The molecular weight excluding hydrogens is 236 g/mol. The van der Waals surface area contributed by atoms with Crippen LogP contribution in [-0.4, -0.2) is 0 Å². The van der Waals surface area contributed by atoms with Crippen LogP contribution < -0.4 is 9.44 Å². The SMILES string of the molecule is [S-][NH2+]c1ccc(-c2ccc([NH2+][S-])cc2)cc1. The molecule has 0 saturated heterocycles. The van der Waals surface area contributed by atoms with Crippen molar-refractivity contribution in [1.29, 1.82) is 0 Å². The molecular formula is C12H12N2S2. The standard InChI is InChI=1S/C12H12N2S2/c15-13-11-5-1-9(2-6-11)10-3-7-12(14-16)8-4-10/h1-8H,13-14H2. The average Bonchev–Trinajstić information content (AvgIpc) is 2.39. The fourth-order valence-corrected chi connectivity index (χ4v) is 1.82. The predicted octanol–water partition coefficient (Wildman–Crippen LogP) is 0.667. The summed E-state index contributed by atoms with van der Waals surface area (Å²) in [5.41, 5.74) is 4.51. The van der Waals surface area contributed by atoms with Crippen LogP contribution in [0.1, 0.15) is 0 Å². The Morgan fingerprint density at radius 2 is 0.875 bits per heavy atom. The van der Waals surface area contributed by atoms with Gasteiger partial charge in [-0.15, -0.1) is 0 Å². The van der Waals surface area contributed by atoms with E-state index in [2.05, 4.69) is 24.3 Å². The second kappa shape index (κ2) is 5.41. The largest absolute Gasteiger partial charge is 0.492 e. The topological polar surface area (TPSA) is 33.2 Å². The van der Waals surface area contributed by atoms with Crippen LogP contribution in [-0.2, 0) is 25.6 Å². The first kappa shape index (κ1) is 11.5. The zero-order chi connectivity index (χ0) is 11.4. The van der Waals surface area contributed by atoms with E-state index in [0.717, 1.165) is 11.4 Å². The summed E-state index contributed by atoms with van der Waals surface area (Å²) in [4.78, 5) is 0. The van der Waals surface area contributed by atoms with Gasteiger partial charge in [-0.2, -0.15) is 0 Å². The number of rotatable bonds is 3. The molecule has 0 fully saturated rings. The molecule has 0 saturated carbocycles. The minimum atomic E-state index is 1.06. The van der Waals surface area contributed by atoms with Gasteiger partial charge in [-0.25, -0.2) is 0 Å². The Morgan fingerprint density at radius 3 is 1.12 bits per heavy atom. The van der Waals surface area contributed by atoms with E-state index >= 15 is 0 Å². The third kappa shape index (κ3) is 2.59. The van der Waals surface area contributed by atoms with Crippen molar-refractivity contribution >= 4 is 37.0 Å². The highest BCUT2D eigenvalue weighted by molar-refractivity contribution is 7.51. The molecule has 0 aliphatic heterocycles. The van der Waals surface area contributed by atoms with Crippen molar-refractivity contribution in [3.63, 3.8) is 0 Å². The Kier molecular flexibility index (Phi) is 3.90. The van der Waals surface area contributed by atoms with Gasteiger partial charge in [0.25, 0.3) is 0 Å². The lowest BCUT2D eigenvalue weighted by Crippen LogP contribution is -2.70. The van der Waals surface area contributed by atoms with Gasteiger partial charge in [-0.1, -0.05) is 0 Å². The molecule has 2 nitrogen and oxygen atoms in total. The van der Waals surface area contributed by atoms with Crippen LogP contribution in [0.3, 0.4) is 0 Å². The highest BCUT2D eigenvalue weighted by Crippen LogP contribution is 2.20. The quantitative estimate of drug-likeness (QED) is 0.618. The molecule has 82 valence electrons. The van der Waals surface area contributed by atoms with E-state index in [-0.39, 0.29) is 0 Å². The maximum absolute atomic E-state index is 4.87. The molecule has 0 radical (unpaired) electrons. The maximum Gasteiger partial charge on any atom is 0.111 e. The molecule has 16 heavy (non-hydrogen) atoms. The number of benzene rings is 2. The van der Waals surface area contributed by atoms with E-state index in [4.69, 9.17) is 25.6 Å². The van der Waals surface area contributed by atoms with Gasteiger partial charge in [0.1, 0.15) is 11.4 Å². The molecule has 0 spiro atoms.